The zero-order chi connectivity index (χ0) is 8.10. The van der Waals surface area contributed by atoms with Crippen LogP contribution in [0.5, 0.6) is 0 Å². The molecule has 1 atom stereocenters. The van der Waals surface area contributed by atoms with Crippen LogP contribution in [0.25, 0.3) is 0 Å². The molecule has 0 aromatic carbocycles. The third kappa shape index (κ3) is 2.55. The van der Waals surface area contributed by atoms with Gasteiger partial charge in [-0.15, -0.1) is 0 Å². The van der Waals surface area contributed by atoms with E-state index in [9.17, 15) is 4.79 Å². The van der Waals surface area contributed by atoms with E-state index in [-0.39, 0.29) is 0 Å². The Morgan fingerprint density at radius 1 is 1.82 bits per heavy atom. The molecule has 1 aromatic rings. The van der Waals surface area contributed by atoms with E-state index in [4.69, 9.17) is 9.15 Å². The van der Waals surface area contributed by atoms with Crippen LogP contribution in [-0.4, -0.2) is 12.4 Å². The van der Waals surface area contributed by atoms with Gasteiger partial charge in [0, 0.05) is 0 Å². The summed E-state index contributed by atoms with van der Waals surface area (Å²) in [5.41, 5.74) is 0. The van der Waals surface area contributed by atoms with Gasteiger partial charge in [0.1, 0.15) is 24.8 Å². The van der Waals surface area contributed by atoms with Crippen LogP contribution < -0.4 is 0 Å². The fourth-order valence-corrected chi connectivity index (χ4v) is 0.623. The minimum atomic E-state index is -0.611. The van der Waals surface area contributed by atoms with Crippen LogP contribution >= 0.6 is 0 Å². The largest absolute Gasteiger partial charge is 0.467 e. The summed E-state index contributed by atoms with van der Waals surface area (Å²) in [6, 6.07) is 3.54. The minimum absolute atomic E-state index is 0.292. The van der Waals surface area contributed by atoms with Gasteiger partial charge in [0.15, 0.2) is 0 Å². The SMILES string of the molecule is [CH2]C(C=O)OCc1ccco1. The summed E-state index contributed by atoms with van der Waals surface area (Å²) in [5.74, 6) is 0.695. The maximum absolute atomic E-state index is 10.0. The van der Waals surface area contributed by atoms with Crippen molar-refractivity contribution in [3.05, 3.63) is 31.1 Å². The molecule has 0 saturated carbocycles. The fourth-order valence-electron chi connectivity index (χ4n) is 0.623. The van der Waals surface area contributed by atoms with Crippen LogP contribution in [0.2, 0.25) is 0 Å². The highest BCUT2D eigenvalue weighted by molar-refractivity contribution is 5.56. The molecule has 0 aliphatic rings. The number of carbonyl (C=O) groups is 1. The van der Waals surface area contributed by atoms with Crippen LogP contribution in [0.3, 0.4) is 0 Å². The van der Waals surface area contributed by atoms with Crippen molar-refractivity contribution in [2.75, 3.05) is 0 Å². The van der Waals surface area contributed by atoms with Gasteiger partial charge < -0.3 is 13.9 Å². The number of rotatable bonds is 4. The molecular formula is C8H9O3. The monoisotopic (exact) mass is 153 g/mol. The molecule has 0 amide bonds. The Kier molecular flexibility index (Phi) is 2.86. The van der Waals surface area contributed by atoms with Gasteiger partial charge in [-0.25, -0.2) is 0 Å². The second-order valence-corrected chi connectivity index (χ2v) is 2.06. The van der Waals surface area contributed by atoms with Crippen molar-refractivity contribution >= 4 is 6.29 Å². The Hall–Kier alpha value is -1.09. The molecule has 1 heterocycles. The highest BCUT2D eigenvalue weighted by Gasteiger charge is 2.00. The van der Waals surface area contributed by atoms with Crippen molar-refractivity contribution in [1.29, 1.82) is 0 Å². The van der Waals surface area contributed by atoms with Crippen LogP contribution in [0.1, 0.15) is 5.76 Å². The van der Waals surface area contributed by atoms with E-state index in [0.29, 0.717) is 18.7 Å². The molecule has 0 bridgehead atoms. The van der Waals surface area contributed by atoms with Gasteiger partial charge in [-0.3, -0.25) is 0 Å². The maximum Gasteiger partial charge on any atom is 0.148 e. The lowest BCUT2D eigenvalue weighted by Crippen LogP contribution is -2.08. The van der Waals surface area contributed by atoms with Gasteiger partial charge in [0.25, 0.3) is 0 Å². The first-order valence-electron chi connectivity index (χ1n) is 3.25. The summed E-state index contributed by atoms with van der Waals surface area (Å²) in [4.78, 5) is 10.0. The van der Waals surface area contributed by atoms with Gasteiger partial charge in [-0.1, -0.05) is 0 Å². The molecule has 0 saturated heterocycles. The lowest BCUT2D eigenvalue weighted by molar-refractivity contribution is -0.116. The Balaban J connectivity index is 2.28. The van der Waals surface area contributed by atoms with Crippen LogP contribution in [0.15, 0.2) is 22.8 Å². The van der Waals surface area contributed by atoms with Gasteiger partial charge >= 0.3 is 0 Å². The fraction of sp³-hybridized carbons (Fsp3) is 0.250. The van der Waals surface area contributed by atoms with Crippen molar-refractivity contribution in [3.8, 4) is 0 Å². The molecule has 0 spiro atoms. The number of carbonyl (C=O) groups excluding carboxylic acids is 1. The smallest absolute Gasteiger partial charge is 0.148 e. The Morgan fingerprint density at radius 3 is 3.18 bits per heavy atom. The van der Waals surface area contributed by atoms with Crippen LogP contribution in [0.4, 0.5) is 0 Å². The third-order valence-electron chi connectivity index (χ3n) is 1.17. The highest BCUT2D eigenvalue weighted by Crippen LogP contribution is 2.02. The van der Waals surface area contributed by atoms with Crippen LogP contribution in [0, 0.1) is 6.92 Å². The summed E-state index contributed by atoms with van der Waals surface area (Å²) in [6.07, 6.45) is 1.58. The van der Waals surface area contributed by atoms with Crippen molar-refractivity contribution in [2.45, 2.75) is 12.7 Å². The topological polar surface area (TPSA) is 39.4 Å². The van der Waals surface area contributed by atoms with E-state index in [0.717, 1.165) is 0 Å². The maximum atomic E-state index is 10.0. The second-order valence-electron chi connectivity index (χ2n) is 2.06. The molecule has 0 aliphatic heterocycles. The zero-order valence-corrected chi connectivity index (χ0v) is 6.03. The standard InChI is InChI=1S/C8H9O3/c1-7(5-9)11-6-8-3-2-4-10-8/h2-5,7H,1,6H2. The average Bonchev–Trinajstić information content (AvgIpc) is 2.52. The summed E-state index contributed by atoms with van der Waals surface area (Å²) in [6.45, 7) is 3.72. The molecule has 1 radical (unpaired) electrons. The second kappa shape index (κ2) is 3.93. The number of hydrogen-bond donors (Lipinski definition) is 0. The summed E-state index contributed by atoms with van der Waals surface area (Å²) in [7, 11) is 0. The van der Waals surface area contributed by atoms with Crippen molar-refractivity contribution < 1.29 is 13.9 Å². The van der Waals surface area contributed by atoms with E-state index in [1.54, 1.807) is 18.4 Å². The summed E-state index contributed by atoms with van der Waals surface area (Å²) >= 11 is 0. The summed E-state index contributed by atoms with van der Waals surface area (Å²) in [5, 5.41) is 0. The quantitative estimate of drug-likeness (QED) is 0.610. The van der Waals surface area contributed by atoms with Crippen molar-refractivity contribution in [3.63, 3.8) is 0 Å². The normalized spacial score (nSPS) is 12.8. The first-order chi connectivity index (χ1) is 5.33. The highest BCUT2D eigenvalue weighted by atomic mass is 16.5. The number of hydrogen-bond acceptors (Lipinski definition) is 3. The Morgan fingerprint density at radius 2 is 2.64 bits per heavy atom. The lowest BCUT2D eigenvalue weighted by Gasteiger charge is -2.02. The average molecular weight is 153 g/mol. The zero-order valence-electron chi connectivity index (χ0n) is 6.03. The molecule has 3 heteroatoms. The Bertz CT molecular complexity index is 203. The minimum Gasteiger partial charge on any atom is -0.467 e. The summed E-state index contributed by atoms with van der Waals surface area (Å²) < 4.78 is 9.92. The van der Waals surface area contributed by atoms with Crippen molar-refractivity contribution in [1.82, 2.24) is 0 Å². The molecular weight excluding hydrogens is 144 g/mol. The van der Waals surface area contributed by atoms with E-state index in [2.05, 4.69) is 6.92 Å². The molecule has 0 fully saturated rings. The van der Waals surface area contributed by atoms with E-state index in [1.165, 1.54) is 0 Å². The number of aldehydes is 1. The van der Waals surface area contributed by atoms with Crippen LogP contribution in [-0.2, 0) is 16.1 Å². The molecule has 11 heavy (non-hydrogen) atoms. The van der Waals surface area contributed by atoms with E-state index in [1.807, 2.05) is 0 Å². The lowest BCUT2D eigenvalue weighted by atomic mass is 10.4. The van der Waals surface area contributed by atoms with Gasteiger partial charge in [0.2, 0.25) is 0 Å². The van der Waals surface area contributed by atoms with Gasteiger partial charge in [0.05, 0.1) is 6.26 Å². The molecule has 59 valence electrons. The number of furan rings is 1. The molecule has 0 aliphatic carbocycles. The predicted molar refractivity (Wildman–Crippen MR) is 38.7 cm³/mol. The number of ether oxygens (including phenoxy) is 1. The van der Waals surface area contributed by atoms with Gasteiger partial charge in [-0.05, 0) is 19.1 Å². The third-order valence-corrected chi connectivity index (χ3v) is 1.17. The molecule has 1 rings (SSSR count). The van der Waals surface area contributed by atoms with Gasteiger partial charge in [-0.2, -0.15) is 0 Å². The molecule has 0 N–H and O–H groups in total. The van der Waals surface area contributed by atoms with Crippen molar-refractivity contribution in [2.24, 2.45) is 0 Å². The first kappa shape index (κ1) is 8.01. The predicted octanol–water partition coefficient (Wildman–Crippen LogP) is 1.20. The molecule has 3 nitrogen and oxygen atoms in total. The van der Waals surface area contributed by atoms with E-state index >= 15 is 0 Å². The first-order valence-corrected chi connectivity index (χ1v) is 3.25. The molecule has 1 aromatic heterocycles. The van der Waals surface area contributed by atoms with E-state index < -0.39 is 6.10 Å². The molecule has 1 unspecified atom stereocenters. The Labute approximate surface area is 65.0 Å².